The molecule has 0 atom stereocenters. The summed E-state index contributed by atoms with van der Waals surface area (Å²) < 4.78 is 0.724. The second-order valence-corrected chi connectivity index (χ2v) is 23.7. The van der Waals surface area contributed by atoms with Gasteiger partial charge in [0.1, 0.15) is 9.49 Å². The van der Waals surface area contributed by atoms with Crippen molar-refractivity contribution in [2.24, 2.45) is 0 Å². The molecule has 1 fully saturated rings. The van der Waals surface area contributed by atoms with Crippen LogP contribution in [0.4, 0.5) is 0 Å². The Morgan fingerprint density at radius 3 is 1.38 bits per heavy atom. The normalized spacial score (nSPS) is 12.5. The van der Waals surface area contributed by atoms with Gasteiger partial charge in [0.15, 0.2) is 17.4 Å². The van der Waals surface area contributed by atoms with Crippen molar-refractivity contribution in [1.82, 2.24) is 19.9 Å². The lowest BCUT2D eigenvalue weighted by atomic mass is 9.84. The van der Waals surface area contributed by atoms with E-state index in [2.05, 4.69) is 19.9 Å². The Balaban J connectivity index is 0.000000295. The number of aromatic nitrogens is 4. The van der Waals surface area contributed by atoms with E-state index in [1.165, 1.54) is 63.3 Å². The standard InChI is InChI=1S/C11H13NO4S2.C10H13NO4S2.C8H9NO4S2.C7H7NO4S2/c1-6-7(5-8(13)14)17-10(12-6)18-11(9(15)16)3-2-4-11;1-5-6(4-7(12)13)16-9(11-5)17-10(2,3)8(14)15;1-4-5(2-6(10)11)15-8(9-4)14-3-7(12)13;9-5(10)1-4-2-8-7(14-4)13-3-6(11)12/h2-5H2,1H3,(H,13,14)(H,15,16);4H2,1-3H3,(H,12,13)(H,14,15);2-3H2,1H3,(H,10,11)(H,12,13);2H,1,3H2,(H,9,10)(H,11,12). The van der Waals surface area contributed by atoms with Crippen LogP contribution in [0, 0.1) is 20.8 Å². The number of aliphatic carboxylic acids is 8. The van der Waals surface area contributed by atoms with Gasteiger partial charge in [0.25, 0.3) is 0 Å². The van der Waals surface area contributed by atoms with Gasteiger partial charge in [0.05, 0.1) is 54.3 Å². The van der Waals surface area contributed by atoms with Crippen LogP contribution < -0.4 is 0 Å². The van der Waals surface area contributed by atoms with Crippen LogP contribution in [0.5, 0.6) is 0 Å². The van der Waals surface area contributed by atoms with Crippen molar-refractivity contribution in [2.45, 2.75) is 106 Å². The predicted octanol–water partition coefficient (Wildman–Crippen LogP) is 6.41. The molecule has 28 heteroatoms. The highest BCUT2D eigenvalue weighted by molar-refractivity contribution is 8.03. The van der Waals surface area contributed by atoms with Gasteiger partial charge in [-0.05, 0) is 53.9 Å². The lowest BCUT2D eigenvalue weighted by Gasteiger charge is -2.35. The van der Waals surface area contributed by atoms with E-state index < -0.39 is 57.2 Å². The van der Waals surface area contributed by atoms with E-state index in [9.17, 15) is 43.5 Å². The second kappa shape index (κ2) is 26.0. The van der Waals surface area contributed by atoms with Crippen molar-refractivity contribution < 1.29 is 79.2 Å². The van der Waals surface area contributed by atoms with Crippen LogP contribution in [-0.4, -0.2) is 130 Å². The Morgan fingerprint density at radius 1 is 0.578 bits per heavy atom. The van der Waals surface area contributed by atoms with E-state index in [-0.39, 0.29) is 37.2 Å². The Hall–Kier alpha value is -4.32. The molecule has 0 bridgehead atoms. The van der Waals surface area contributed by atoms with Crippen LogP contribution in [0.25, 0.3) is 0 Å². The molecule has 0 radical (unpaired) electrons. The monoisotopic (exact) mass is 1040 g/mol. The number of thioether (sulfide) groups is 4. The van der Waals surface area contributed by atoms with Crippen LogP contribution in [0.3, 0.4) is 0 Å². The summed E-state index contributed by atoms with van der Waals surface area (Å²) in [6.07, 6.45) is 3.44. The fraction of sp³-hybridized carbons (Fsp3) is 0.444. The van der Waals surface area contributed by atoms with E-state index in [1.54, 1.807) is 34.6 Å². The molecule has 4 heterocycles. The molecule has 64 heavy (non-hydrogen) atoms. The molecule has 4 aromatic rings. The van der Waals surface area contributed by atoms with Crippen LogP contribution in [0.15, 0.2) is 23.6 Å². The zero-order valence-corrected chi connectivity index (χ0v) is 40.9. The van der Waals surface area contributed by atoms with Gasteiger partial charge in [-0.2, -0.15) is 0 Å². The Kier molecular flexibility index (Phi) is 22.7. The number of aryl methyl sites for hydroxylation is 3. The lowest BCUT2D eigenvalue weighted by Crippen LogP contribution is -2.41. The van der Waals surface area contributed by atoms with E-state index in [1.807, 2.05) is 0 Å². The first-order valence-corrected chi connectivity index (χ1v) is 24.8. The zero-order valence-electron chi connectivity index (χ0n) is 34.3. The number of rotatable bonds is 20. The minimum atomic E-state index is -0.967. The number of thiazole rings is 4. The van der Waals surface area contributed by atoms with Gasteiger partial charge in [-0.1, -0.05) is 47.0 Å². The minimum absolute atomic E-state index is 0.0515. The highest BCUT2D eigenvalue weighted by atomic mass is 32.2. The molecule has 0 unspecified atom stereocenters. The molecule has 0 saturated heterocycles. The molecule has 1 aliphatic rings. The Labute approximate surface area is 397 Å². The maximum Gasteiger partial charge on any atom is 0.320 e. The first kappa shape index (κ1) is 55.8. The van der Waals surface area contributed by atoms with Crippen molar-refractivity contribution >= 4 is 140 Å². The Bertz CT molecular complexity index is 2320. The smallest absolute Gasteiger partial charge is 0.320 e. The lowest BCUT2D eigenvalue weighted by molar-refractivity contribution is -0.142. The average Bonchev–Trinajstić information content (AvgIpc) is 3.91. The van der Waals surface area contributed by atoms with E-state index >= 15 is 0 Å². The SMILES string of the molecule is Cc1nc(SC(C)(C)C(=O)O)sc1CC(=O)O.Cc1nc(SC2(C(=O)O)CCC2)sc1CC(=O)O.Cc1nc(SCC(=O)O)sc1CC(=O)O.O=C(O)CSc1ncc(CC(=O)O)s1. The zero-order chi connectivity index (χ0) is 48.5. The summed E-state index contributed by atoms with van der Waals surface area (Å²) in [5.41, 5.74) is 2.00. The molecule has 0 aliphatic heterocycles. The summed E-state index contributed by atoms with van der Waals surface area (Å²) in [6.45, 7) is 8.39. The fourth-order valence-electron chi connectivity index (χ4n) is 4.38. The summed E-state index contributed by atoms with van der Waals surface area (Å²) in [6, 6.07) is 0. The quantitative estimate of drug-likeness (QED) is 0.0443. The largest absolute Gasteiger partial charge is 0.481 e. The maximum atomic E-state index is 11.2. The number of nitrogens with zero attached hydrogens (tertiary/aromatic N) is 4. The van der Waals surface area contributed by atoms with Crippen molar-refractivity contribution in [3.8, 4) is 0 Å². The van der Waals surface area contributed by atoms with Crippen molar-refractivity contribution in [3.63, 3.8) is 0 Å². The van der Waals surface area contributed by atoms with Crippen LogP contribution >= 0.6 is 92.4 Å². The molecule has 0 amide bonds. The Morgan fingerprint density at radius 2 is 0.984 bits per heavy atom. The molecule has 20 nitrogen and oxygen atoms in total. The summed E-state index contributed by atoms with van der Waals surface area (Å²) in [5.74, 6) is -7.28. The predicted molar refractivity (Wildman–Crippen MR) is 242 cm³/mol. The molecule has 8 N–H and O–H groups in total. The van der Waals surface area contributed by atoms with Crippen LogP contribution in [0.2, 0.25) is 0 Å². The second-order valence-electron chi connectivity index (χ2n) is 13.4. The van der Waals surface area contributed by atoms with Crippen molar-refractivity contribution in [1.29, 1.82) is 0 Å². The van der Waals surface area contributed by atoms with E-state index in [0.717, 1.165) is 41.7 Å². The number of hydrogen-bond donors (Lipinski definition) is 8. The first-order chi connectivity index (χ1) is 29.7. The minimum Gasteiger partial charge on any atom is -0.481 e. The molecule has 0 spiro atoms. The van der Waals surface area contributed by atoms with Crippen LogP contribution in [0.1, 0.15) is 69.7 Å². The van der Waals surface area contributed by atoms with Gasteiger partial charge in [0, 0.05) is 25.7 Å². The van der Waals surface area contributed by atoms with Gasteiger partial charge in [0.2, 0.25) is 0 Å². The van der Waals surface area contributed by atoms with Gasteiger partial charge in [-0.25, -0.2) is 19.9 Å². The van der Waals surface area contributed by atoms with Gasteiger partial charge in [-0.3, -0.25) is 38.4 Å². The third-order valence-corrected chi connectivity index (χ3v) is 17.3. The van der Waals surface area contributed by atoms with Crippen molar-refractivity contribution in [3.05, 3.63) is 42.8 Å². The molecule has 0 aromatic carbocycles. The summed E-state index contributed by atoms with van der Waals surface area (Å²) >= 11 is 9.57. The fourth-order valence-corrected chi connectivity index (χ4v) is 13.5. The number of carboxylic acids is 8. The molecule has 350 valence electrons. The van der Waals surface area contributed by atoms with Gasteiger partial charge < -0.3 is 40.9 Å². The van der Waals surface area contributed by atoms with Crippen LogP contribution in [-0.2, 0) is 64.0 Å². The maximum absolute atomic E-state index is 11.2. The highest BCUT2D eigenvalue weighted by Gasteiger charge is 2.46. The van der Waals surface area contributed by atoms with E-state index in [4.69, 9.17) is 35.7 Å². The van der Waals surface area contributed by atoms with E-state index in [0.29, 0.717) is 66.8 Å². The molecule has 1 saturated carbocycles. The molecule has 4 aromatic heterocycles. The third-order valence-electron chi connectivity index (χ3n) is 7.74. The number of carbonyl (C=O) groups is 8. The summed E-state index contributed by atoms with van der Waals surface area (Å²) in [7, 11) is 0. The van der Waals surface area contributed by atoms with Gasteiger partial charge in [-0.15, -0.1) is 45.3 Å². The molecular weight excluding hydrogens is 1000 g/mol. The number of carboxylic acid groups (broad SMARTS) is 8. The number of hydrogen-bond acceptors (Lipinski definition) is 20. The summed E-state index contributed by atoms with van der Waals surface area (Å²) in [4.78, 5) is 104. The molecule has 1 aliphatic carbocycles. The van der Waals surface area contributed by atoms with Crippen molar-refractivity contribution in [2.75, 3.05) is 11.5 Å². The highest BCUT2D eigenvalue weighted by Crippen LogP contribution is 2.49. The molecule has 5 rings (SSSR count). The van der Waals surface area contributed by atoms with Gasteiger partial charge >= 0.3 is 47.8 Å². The average molecular weight is 1040 g/mol. The topological polar surface area (TPSA) is 350 Å². The third kappa shape index (κ3) is 19.8. The summed E-state index contributed by atoms with van der Waals surface area (Å²) in [5, 5.41) is 69.6. The molecular formula is C36H42N4O16S8. The first-order valence-electron chi connectivity index (χ1n) is 18.0.